The standard InChI is InChI=1S/C40H52N14O25P4/c1-17-7-51(39(58)49-37(17)56)27-4-20(76-80(60,61)62)24(73-27)10-69-82(65,66)78-21-5-28(52-8-18(2)38(57)50-40(52)59)74-25(21)11-71-83(67,68)79-22-6-30(54-16-48-32-34(42)44-14-46-36(32)54)75-26(22)12-70-81(63,64)77-19-3-29(72-23(19)9-55)53-15-47-31-33(41)43-13-45-35(31)53/h7-8,13-16,19-30,55H,3-6,9-12H2,1-2H3,(H,63,64)(H,65,66)(H,67,68)(H2,41,43,45)(H2,42,44,46)(H,49,56,58)(H,50,57,59)(H2,60,61,62)/t19-,20-,21-,22-,23+,24+,25+,26+,27+,28+,29+,30+/m0/s1. The van der Waals surface area contributed by atoms with Gasteiger partial charge in [0.1, 0.15) is 97.4 Å². The Bertz CT molecular complexity index is 3850. The molecule has 452 valence electrons. The Morgan fingerprint density at radius 2 is 0.867 bits per heavy atom. The molecule has 43 heteroatoms. The van der Waals surface area contributed by atoms with E-state index in [-0.39, 0.29) is 57.9 Å². The molecule has 0 spiro atoms. The Hall–Kier alpha value is -5.70. The fourth-order valence-corrected chi connectivity index (χ4v) is 13.0. The highest BCUT2D eigenvalue weighted by Gasteiger charge is 2.49. The number of aryl methyl sites for hydroxylation is 2. The summed E-state index contributed by atoms with van der Waals surface area (Å²) in [6.07, 6.45) is -11.2. The minimum atomic E-state index is -5.42. The van der Waals surface area contributed by atoms with Crippen molar-refractivity contribution in [2.75, 3.05) is 37.9 Å². The number of imidazole rings is 2. The Kier molecular flexibility index (Phi) is 17.2. The lowest BCUT2D eigenvalue weighted by molar-refractivity contribution is -0.0630. The van der Waals surface area contributed by atoms with Crippen LogP contribution in [0, 0.1) is 13.8 Å². The number of H-pyrrole nitrogens is 2. The average molecular weight is 1250 g/mol. The molecule has 6 aromatic rings. The number of hydrogen-bond acceptors (Lipinski definition) is 28. The first-order valence-corrected chi connectivity index (χ1v) is 30.6. The fourth-order valence-electron chi connectivity index (χ4n) is 9.59. The summed E-state index contributed by atoms with van der Waals surface area (Å²) in [5.74, 6) is 0.0650. The van der Waals surface area contributed by atoms with Gasteiger partial charge in [-0.1, -0.05) is 0 Å². The van der Waals surface area contributed by atoms with E-state index in [0.717, 1.165) is 27.9 Å². The third-order valence-corrected chi connectivity index (χ3v) is 17.1. The number of aromatic nitrogens is 12. The summed E-state index contributed by atoms with van der Waals surface area (Å²) in [7, 11) is -21.3. The molecule has 0 amide bonds. The van der Waals surface area contributed by atoms with E-state index in [0.29, 0.717) is 0 Å². The number of hydrogen-bond donors (Lipinski definition) is 10. The van der Waals surface area contributed by atoms with Gasteiger partial charge in [-0.15, -0.1) is 0 Å². The van der Waals surface area contributed by atoms with Crippen molar-refractivity contribution in [2.24, 2.45) is 0 Å². The molecule has 4 fully saturated rings. The summed E-state index contributed by atoms with van der Waals surface area (Å²) in [6.45, 7) is -0.866. The van der Waals surface area contributed by atoms with Crippen LogP contribution in [0.3, 0.4) is 0 Å². The number of fused-ring (bicyclic) bond motifs is 2. The summed E-state index contributed by atoms with van der Waals surface area (Å²) < 4.78 is 119. The molecule has 3 unspecified atom stereocenters. The first-order chi connectivity index (χ1) is 39.1. The molecule has 4 saturated heterocycles. The highest BCUT2D eigenvalue weighted by atomic mass is 31.2. The molecule has 4 aliphatic rings. The molecule has 10 heterocycles. The summed E-state index contributed by atoms with van der Waals surface area (Å²) in [5, 5.41) is 10.2. The second-order valence-corrected chi connectivity index (χ2v) is 24.5. The van der Waals surface area contributed by atoms with E-state index in [4.69, 9.17) is 62.1 Å². The van der Waals surface area contributed by atoms with Crippen molar-refractivity contribution >= 4 is 65.3 Å². The van der Waals surface area contributed by atoms with Crippen LogP contribution in [0.5, 0.6) is 0 Å². The van der Waals surface area contributed by atoms with Gasteiger partial charge in [-0.25, -0.2) is 57.8 Å². The number of anilines is 2. The van der Waals surface area contributed by atoms with Crippen LogP contribution in [-0.2, 0) is 68.9 Å². The molecule has 83 heavy (non-hydrogen) atoms. The zero-order valence-electron chi connectivity index (χ0n) is 42.9. The van der Waals surface area contributed by atoms with Gasteiger partial charge in [0.2, 0.25) is 0 Å². The average Bonchev–Trinajstić information content (AvgIpc) is 4.48. The monoisotopic (exact) mass is 1250 g/mol. The SMILES string of the molecule is Cc1cn([C@H]2C[C@H](OP(=O)(O)O)[C@@H](COP(=O)(O)O[C@H]3C[C@H](n4cc(C)c(=O)[nH]c4=O)O[C@@H]3COP(=O)(O)O[C@H]3C[C@H](n4cnc5c(N)ncnc54)O[C@@H]3COP(=O)(O)O[C@H]3C[C@H](n4cnc5c(N)ncnc54)O[C@@H]3CO)O2)c(=O)[nH]c1=O. The third-order valence-electron chi connectivity index (χ3n) is 13.5. The number of aliphatic hydroxyl groups excluding tert-OH is 1. The summed E-state index contributed by atoms with van der Waals surface area (Å²) >= 11 is 0. The molecule has 39 nitrogen and oxygen atoms in total. The topological polar surface area (TPSA) is 540 Å². The number of phosphoric acid groups is 4. The Morgan fingerprint density at radius 3 is 1.23 bits per heavy atom. The zero-order chi connectivity index (χ0) is 59.5. The maximum atomic E-state index is 14.0. The van der Waals surface area contributed by atoms with E-state index in [1.54, 1.807) is 0 Å². The number of phosphoric ester groups is 4. The van der Waals surface area contributed by atoms with E-state index >= 15 is 0 Å². The zero-order valence-corrected chi connectivity index (χ0v) is 46.5. The molecular weight excluding hydrogens is 1200 g/mol. The second kappa shape index (κ2) is 23.6. The Balaban J connectivity index is 0.842. The molecule has 0 bridgehead atoms. The number of rotatable bonds is 22. The maximum Gasteiger partial charge on any atom is 0.472 e. The fraction of sp³-hybridized carbons (Fsp3) is 0.550. The van der Waals surface area contributed by atoms with Crippen molar-refractivity contribution in [1.29, 1.82) is 0 Å². The van der Waals surface area contributed by atoms with Crippen molar-refractivity contribution in [3.05, 3.63) is 90.5 Å². The lowest BCUT2D eigenvalue weighted by Gasteiger charge is -2.25. The predicted octanol–water partition coefficient (Wildman–Crippen LogP) is -1.33. The minimum absolute atomic E-state index is 0.0111. The van der Waals surface area contributed by atoms with Gasteiger partial charge < -0.3 is 60.0 Å². The van der Waals surface area contributed by atoms with Crippen LogP contribution in [0.4, 0.5) is 11.6 Å². The van der Waals surface area contributed by atoms with Gasteiger partial charge in [-0.05, 0) is 13.8 Å². The maximum absolute atomic E-state index is 14.0. The van der Waals surface area contributed by atoms with Crippen LogP contribution in [0.25, 0.3) is 22.3 Å². The van der Waals surface area contributed by atoms with Crippen LogP contribution < -0.4 is 34.0 Å². The van der Waals surface area contributed by atoms with Crippen LogP contribution in [0.15, 0.2) is 56.9 Å². The number of nitrogens with two attached hydrogens (primary N) is 2. The van der Waals surface area contributed by atoms with E-state index in [9.17, 15) is 67.0 Å². The minimum Gasteiger partial charge on any atom is -0.394 e. The van der Waals surface area contributed by atoms with Gasteiger partial charge in [0.05, 0.1) is 39.1 Å². The normalized spacial score (nSPS) is 28.9. The number of aliphatic hydroxyl groups is 1. The number of ether oxygens (including phenoxy) is 4. The van der Waals surface area contributed by atoms with Gasteiger partial charge in [0.15, 0.2) is 22.9 Å². The predicted molar refractivity (Wildman–Crippen MR) is 272 cm³/mol. The molecule has 0 aromatic carbocycles. The number of aromatic amines is 2. The van der Waals surface area contributed by atoms with Crippen molar-refractivity contribution in [1.82, 2.24) is 58.1 Å². The second-order valence-electron chi connectivity index (χ2n) is 19.1. The van der Waals surface area contributed by atoms with Crippen LogP contribution >= 0.6 is 31.3 Å². The van der Waals surface area contributed by atoms with E-state index in [1.807, 2.05) is 0 Å². The Labute approximate surface area is 462 Å². The molecule has 0 saturated carbocycles. The summed E-state index contributed by atoms with van der Waals surface area (Å²) in [4.78, 5) is 131. The van der Waals surface area contributed by atoms with E-state index in [2.05, 4.69) is 39.9 Å². The summed E-state index contributed by atoms with van der Waals surface area (Å²) in [6, 6.07) is 0. The quantitative estimate of drug-likeness (QED) is 0.0352. The smallest absolute Gasteiger partial charge is 0.394 e. The van der Waals surface area contributed by atoms with Gasteiger partial charge in [0, 0.05) is 49.2 Å². The van der Waals surface area contributed by atoms with Gasteiger partial charge in [-0.2, -0.15) is 0 Å². The van der Waals surface area contributed by atoms with E-state index in [1.165, 1.54) is 42.0 Å². The van der Waals surface area contributed by atoms with Crippen molar-refractivity contribution in [3.63, 3.8) is 0 Å². The number of nitrogen functional groups attached to an aromatic ring is 2. The molecule has 6 aromatic heterocycles. The van der Waals surface area contributed by atoms with Gasteiger partial charge in [0.25, 0.3) is 11.1 Å². The largest absolute Gasteiger partial charge is 0.472 e. The van der Waals surface area contributed by atoms with Gasteiger partial charge >= 0.3 is 42.7 Å². The van der Waals surface area contributed by atoms with Gasteiger partial charge in [-0.3, -0.25) is 69.5 Å². The van der Waals surface area contributed by atoms with Crippen LogP contribution in [0.1, 0.15) is 61.7 Å². The lowest BCUT2D eigenvalue weighted by Crippen LogP contribution is -2.33. The first-order valence-electron chi connectivity index (χ1n) is 24.6. The molecular formula is C40H52N14O25P4. The number of nitrogens with one attached hydrogen (secondary N) is 2. The number of nitrogens with zero attached hydrogens (tertiary/aromatic N) is 10. The third kappa shape index (κ3) is 13.6. The highest BCUT2D eigenvalue weighted by molar-refractivity contribution is 7.48. The molecule has 4 aliphatic heterocycles. The van der Waals surface area contributed by atoms with Crippen molar-refractivity contribution in [2.45, 2.75) is 113 Å². The lowest BCUT2D eigenvalue weighted by atomic mass is 10.2. The van der Waals surface area contributed by atoms with Crippen molar-refractivity contribution in [3.8, 4) is 0 Å². The van der Waals surface area contributed by atoms with Crippen molar-refractivity contribution < 1.29 is 98.4 Å². The molecule has 15 atom stereocenters. The Morgan fingerprint density at radius 1 is 0.530 bits per heavy atom. The molecule has 12 N–H and O–H groups in total. The summed E-state index contributed by atoms with van der Waals surface area (Å²) in [5.41, 5.74) is 9.32. The van der Waals surface area contributed by atoms with E-state index < -0.39 is 167 Å². The molecule has 0 radical (unpaired) electrons. The molecule has 0 aliphatic carbocycles. The van der Waals surface area contributed by atoms with Crippen LogP contribution in [-0.4, -0.2) is 163 Å². The first kappa shape index (κ1) is 60.4. The molecule has 10 rings (SSSR count). The van der Waals surface area contributed by atoms with Crippen LogP contribution in [0.2, 0.25) is 0 Å². The highest BCUT2D eigenvalue weighted by Crippen LogP contribution is 2.54.